The van der Waals surface area contributed by atoms with E-state index in [1.54, 1.807) is 24.3 Å². The first-order chi connectivity index (χ1) is 10.2. The molecule has 0 bridgehead atoms. The first-order valence-electron chi connectivity index (χ1n) is 7.30. The van der Waals surface area contributed by atoms with Crippen molar-refractivity contribution in [2.45, 2.75) is 39.0 Å². The Kier molecular flexibility index (Phi) is 8.37. The van der Waals surface area contributed by atoms with E-state index in [1.807, 2.05) is 6.07 Å². The minimum atomic E-state index is -0.813. The van der Waals surface area contributed by atoms with Crippen LogP contribution in [0.5, 0.6) is 0 Å². The minimum Gasteiger partial charge on any atom is -0.326 e. The van der Waals surface area contributed by atoms with E-state index in [0.717, 1.165) is 25.0 Å². The summed E-state index contributed by atoms with van der Waals surface area (Å²) in [5, 5.41) is 11.5. The Morgan fingerprint density at radius 1 is 1.29 bits per heavy atom. The summed E-state index contributed by atoms with van der Waals surface area (Å²) in [7, 11) is -0.813. The number of amides is 1. The van der Waals surface area contributed by atoms with Gasteiger partial charge in [0.05, 0.1) is 11.6 Å². The van der Waals surface area contributed by atoms with Crippen LogP contribution in [0, 0.1) is 11.3 Å². The summed E-state index contributed by atoms with van der Waals surface area (Å²) in [5.41, 5.74) is 1.15. The fraction of sp³-hybridized carbons (Fsp3) is 0.500. The smallest absolute Gasteiger partial charge is 0.224 e. The summed E-state index contributed by atoms with van der Waals surface area (Å²) < 4.78 is 11.7. The number of benzene rings is 1. The lowest BCUT2D eigenvalue weighted by atomic mass is 10.2. The third kappa shape index (κ3) is 7.62. The molecule has 0 fully saturated rings. The van der Waals surface area contributed by atoms with Gasteiger partial charge in [-0.25, -0.2) is 0 Å². The molecule has 0 saturated heterocycles. The van der Waals surface area contributed by atoms with Crippen molar-refractivity contribution in [1.29, 1.82) is 5.26 Å². The van der Waals surface area contributed by atoms with Gasteiger partial charge in [0.2, 0.25) is 5.91 Å². The molecule has 0 aliphatic carbocycles. The van der Waals surface area contributed by atoms with E-state index in [4.69, 9.17) is 5.26 Å². The molecule has 0 saturated carbocycles. The Hall–Kier alpha value is -1.67. The van der Waals surface area contributed by atoms with Crippen molar-refractivity contribution in [3.8, 4) is 6.07 Å². The third-order valence-electron chi connectivity index (χ3n) is 3.03. The Labute approximate surface area is 129 Å². The van der Waals surface area contributed by atoms with E-state index < -0.39 is 10.8 Å². The molecule has 0 heterocycles. The fourth-order valence-corrected chi connectivity index (χ4v) is 3.10. The largest absolute Gasteiger partial charge is 0.326 e. The maximum Gasteiger partial charge on any atom is 0.224 e. The number of nitriles is 1. The molecule has 5 heteroatoms. The molecule has 114 valence electrons. The standard InChI is InChI=1S/C16H22N2O2S/c1-2-3-4-10-21(20)11-6-9-16(19)18-15-8-5-7-14(12-15)13-17/h5,7-8,12H,2-4,6,9-11H2,1H3,(H,18,19). The zero-order valence-corrected chi connectivity index (χ0v) is 13.2. The summed E-state index contributed by atoms with van der Waals surface area (Å²) in [4.78, 5) is 11.8. The molecule has 1 amide bonds. The maximum absolute atomic E-state index is 11.8. The van der Waals surface area contributed by atoms with Gasteiger partial charge in [0, 0.05) is 34.4 Å². The van der Waals surface area contributed by atoms with Crippen LogP contribution in [0.25, 0.3) is 0 Å². The zero-order valence-electron chi connectivity index (χ0n) is 12.4. The lowest BCUT2D eigenvalue weighted by molar-refractivity contribution is -0.116. The van der Waals surface area contributed by atoms with Gasteiger partial charge >= 0.3 is 0 Å². The SMILES string of the molecule is CCCCCS(=O)CCCC(=O)Nc1cccc(C#N)c1. The summed E-state index contributed by atoms with van der Waals surface area (Å²) >= 11 is 0. The van der Waals surface area contributed by atoms with Gasteiger partial charge in [0.25, 0.3) is 0 Å². The zero-order chi connectivity index (χ0) is 15.5. The molecule has 0 aromatic heterocycles. The van der Waals surface area contributed by atoms with Crippen LogP contribution < -0.4 is 5.32 Å². The lowest BCUT2D eigenvalue weighted by Gasteiger charge is -2.05. The molecule has 0 aliphatic rings. The summed E-state index contributed by atoms with van der Waals surface area (Å²) in [6, 6.07) is 8.85. The second-order valence-corrected chi connectivity index (χ2v) is 6.60. The molecule has 21 heavy (non-hydrogen) atoms. The predicted octanol–water partition coefficient (Wildman–Crippen LogP) is 3.22. The normalized spacial score (nSPS) is 11.6. The van der Waals surface area contributed by atoms with Gasteiger partial charge in [-0.05, 0) is 31.0 Å². The van der Waals surface area contributed by atoms with Crippen molar-refractivity contribution in [3.63, 3.8) is 0 Å². The van der Waals surface area contributed by atoms with Crippen molar-refractivity contribution in [2.24, 2.45) is 0 Å². The van der Waals surface area contributed by atoms with Crippen molar-refractivity contribution < 1.29 is 9.00 Å². The van der Waals surface area contributed by atoms with Crippen LogP contribution in [0.4, 0.5) is 5.69 Å². The molecule has 0 spiro atoms. The number of anilines is 1. The van der Waals surface area contributed by atoms with Gasteiger partial charge in [0.15, 0.2) is 0 Å². The number of nitrogens with zero attached hydrogens (tertiary/aromatic N) is 1. The maximum atomic E-state index is 11.8. The van der Waals surface area contributed by atoms with E-state index in [0.29, 0.717) is 29.8 Å². The van der Waals surface area contributed by atoms with E-state index in [2.05, 4.69) is 12.2 Å². The van der Waals surface area contributed by atoms with Crippen molar-refractivity contribution >= 4 is 22.4 Å². The van der Waals surface area contributed by atoms with Crippen molar-refractivity contribution in [2.75, 3.05) is 16.8 Å². The number of hydrogen-bond acceptors (Lipinski definition) is 3. The summed E-state index contributed by atoms with van der Waals surface area (Å²) in [6.45, 7) is 2.12. The number of hydrogen-bond donors (Lipinski definition) is 1. The highest BCUT2D eigenvalue weighted by molar-refractivity contribution is 7.84. The van der Waals surface area contributed by atoms with E-state index >= 15 is 0 Å². The topological polar surface area (TPSA) is 70.0 Å². The Bertz CT molecular complexity index is 523. The molecule has 1 aromatic rings. The average molecular weight is 306 g/mol. The van der Waals surface area contributed by atoms with E-state index in [1.165, 1.54) is 0 Å². The molecule has 1 N–H and O–H groups in total. The van der Waals surface area contributed by atoms with Crippen molar-refractivity contribution in [1.82, 2.24) is 0 Å². The molecule has 1 unspecified atom stereocenters. The van der Waals surface area contributed by atoms with Crippen LogP contribution >= 0.6 is 0 Å². The van der Waals surface area contributed by atoms with Gasteiger partial charge in [-0.15, -0.1) is 0 Å². The highest BCUT2D eigenvalue weighted by Crippen LogP contribution is 2.10. The van der Waals surface area contributed by atoms with Crippen LogP contribution in [-0.4, -0.2) is 21.6 Å². The van der Waals surface area contributed by atoms with Crippen LogP contribution in [0.15, 0.2) is 24.3 Å². The number of carbonyl (C=O) groups is 1. The molecule has 1 atom stereocenters. The molecular weight excluding hydrogens is 284 g/mol. The van der Waals surface area contributed by atoms with Gasteiger partial charge in [-0.2, -0.15) is 5.26 Å². The van der Waals surface area contributed by atoms with Crippen molar-refractivity contribution in [3.05, 3.63) is 29.8 Å². The van der Waals surface area contributed by atoms with Gasteiger partial charge in [-0.1, -0.05) is 25.8 Å². The quantitative estimate of drug-likeness (QED) is 0.712. The summed E-state index contributed by atoms with van der Waals surface area (Å²) in [5.74, 6) is 1.21. The van der Waals surface area contributed by atoms with Crippen LogP contribution in [0.3, 0.4) is 0 Å². The molecule has 1 aromatic carbocycles. The Balaban J connectivity index is 2.25. The number of unbranched alkanes of at least 4 members (excludes halogenated alkanes) is 2. The highest BCUT2D eigenvalue weighted by atomic mass is 32.2. The second-order valence-electron chi connectivity index (χ2n) is 4.90. The molecule has 0 radical (unpaired) electrons. The van der Waals surface area contributed by atoms with E-state index in [9.17, 15) is 9.00 Å². The Morgan fingerprint density at radius 3 is 2.76 bits per heavy atom. The van der Waals surface area contributed by atoms with Gasteiger partial charge in [0.1, 0.15) is 0 Å². The highest BCUT2D eigenvalue weighted by Gasteiger charge is 2.05. The summed E-state index contributed by atoms with van der Waals surface area (Å²) in [6.07, 6.45) is 4.22. The Morgan fingerprint density at radius 2 is 2.05 bits per heavy atom. The predicted molar refractivity (Wildman–Crippen MR) is 86.4 cm³/mol. The van der Waals surface area contributed by atoms with Crippen LogP contribution in [-0.2, 0) is 15.6 Å². The second kappa shape index (κ2) is 10.1. The first kappa shape index (κ1) is 17.4. The van der Waals surface area contributed by atoms with E-state index in [-0.39, 0.29) is 5.91 Å². The third-order valence-corrected chi connectivity index (χ3v) is 4.51. The number of carbonyl (C=O) groups excluding carboxylic acids is 1. The number of nitrogens with one attached hydrogen (secondary N) is 1. The lowest BCUT2D eigenvalue weighted by Crippen LogP contribution is -2.13. The van der Waals surface area contributed by atoms with Crippen LogP contribution in [0.2, 0.25) is 0 Å². The fourth-order valence-electron chi connectivity index (χ4n) is 1.90. The monoisotopic (exact) mass is 306 g/mol. The minimum absolute atomic E-state index is 0.101. The number of rotatable bonds is 9. The van der Waals surface area contributed by atoms with Crippen LogP contribution in [0.1, 0.15) is 44.6 Å². The molecular formula is C16H22N2O2S. The van der Waals surface area contributed by atoms with Gasteiger partial charge in [-0.3, -0.25) is 9.00 Å². The average Bonchev–Trinajstić information content (AvgIpc) is 2.47. The first-order valence-corrected chi connectivity index (χ1v) is 8.79. The molecule has 1 rings (SSSR count). The molecule has 0 aliphatic heterocycles. The van der Waals surface area contributed by atoms with Gasteiger partial charge < -0.3 is 5.32 Å². The molecule has 4 nitrogen and oxygen atoms in total.